The maximum atomic E-state index is 11.2. The van der Waals surface area contributed by atoms with Crippen LogP contribution in [0.4, 0.5) is 0 Å². The molecule has 1 N–H and O–H groups in total. The second-order valence-electron chi connectivity index (χ2n) is 5.31. The first-order valence-electron chi connectivity index (χ1n) is 7.35. The molecular formula is C17H13N5O2. The molecule has 0 radical (unpaired) electrons. The zero-order chi connectivity index (χ0) is 16.5. The third kappa shape index (κ3) is 2.41. The minimum Gasteiger partial charge on any atom is -0.478 e. The van der Waals surface area contributed by atoms with Crippen molar-refractivity contribution in [1.82, 2.24) is 24.1 Å². The topological polar surface area (TPSA) is 85.3 Å². The van der Waals surface area contributed by atoms with Crippen molar-refractivity contribution in [3.8, 4) is 11.4 Å². The van der Waals surface area contributed by atoms with Crippen molar-refractivity contribution < 1.29 is 9.90 Å². The van der Waals surface area contributed by atoms with E-state index in [0.717, 1.165) is 16.9 Å². The number of fused-ring (bicyclic) bond motifs is 1. The largest absolute Gasteiger partial charge is 0.478 e. The second kappa shape index (κ2) is 5.62. The molecule has 0 bridgehead atoms. The highest BCUT2D eigenvalue weighted by Gasteiger charge is 2.11. The highest BCUT2D eigenvalue weighted by atomic mass is 16.4. The van der Waals surface area contributed by atoms with Crippen molar-refractivity contribution in [3.63, 3.8) is 0 Å². The first-order valence-corrected chi connectivity index (χ1v) is 7.35. The fourth-order valence-electron chi connectivity index (χ4n) is 2.68. The van der Waals surface area contributed by atoms with Crippen LogP contribution < -0.4 is 0 Å². The number of imidazole rings is 1. The molecule has 4 aromatic rings. The molecule has 0 aliphatic rings. The fraction of sp³-hybridized carbons (Fsp3) is 0.0588. The predicted octanol–water partition coefficient (Wildman–Crippen LogP) is 2.34. The van der Waals surface area contributed by atoms with Gasteiger partial charge in [0, 0.05) is 18.0 Å². The number of nitrogens with zero attached hydrogens (tertiary/aromatic N) is 5. The smallest absolute Gasteiger partial charge is 0.335 e. The van der Waals surface area contributed by atoms with Crippen LogP contribution in [0.5, 0.6) is 0 Å². The Morgan fingerprint density at radius 2 is 2.00 bits per heavy atom. The first-order chi connectivity index (χ1) is 11.7. The van der Waals surface area contributed by atoms with Gasteiger partial charge in [0.15, 0.2) is 5.65 Å². The summed E-state index contributed by atoms with van der Waals surface area (Å²) in [5.74, 6) is -0.252. The van der Waals surface area contributed by atoms with Crippen molar-refractivity contribution in [2.24, 2.45) is 0 Å². The number of rotatable bonds is 4. The third-order valence-corrected chi connectivity index (χ3v) is 3.80. The summed E-state index contributed by atoms with van der Waals surface area (Å²) in [6.45, 7) is 0.549. The molecule has 0 aliphatic heterocycles. The fourth-order valence-corrected chi connectivity index (χ4v) is 2.68. The Hall–Kier alpha value is -3.48. The lowest BCUT2D eigenvalue weighted by molar-refractivity contribution is 0.0697. The zero-order valence-corrected chi connectivity index (χ0v) is 12.6. The Balaban J connectivity index is 1.74. The van der Waals surface area contributed by atoms with Gasteiger partial charge in [-0.3, -0.25) is 0 Å². The zero-order valence-electron chi connectivity index (χ0n) is 12.6. The van der Waals surface area contributed by atoms with Gasteiger partial charge in [-0.2, -0.15) is 5.10 Å². The summed E-state index contributed by atoms with van der Waals surface area (Å²) in [5, 5.41) is 13.4. The molecule has 0 atom stereocenters. The third-order valence-electron chi connectivity index (χ3n) is 3.80. The van der Waals surface area contributed by atoms with Gasteiger partial charge in [-0.05, 0) is 24.3 Å². The molecule has 3 aromatic heterocycles. The van der Waals surface area contributed by atoms with Gasteiger partial charge >= 0.3 is 5.97 Å². The molecule has 0 aliphatic carbocycles. The second-order valence-corrected chi connectivity index (χ2v) is 5.31. The van der Waals surface area contributed by atoms with Gasteiger partial charge in [-0.25, -0.2) is 19.3 Å². The Morgan fingerprint density at radius 3 is 2.88 bits per heavy atom. The molecule has 24 heavy (non-hydrogen) atoms. The molecule has 0 amide bonds. The quantitative estimate of drug-likeness (QED) is 0.624. The van der Waals surface area contributed by atoms with Crippen molar-refractivity contribution >= 4 is 11.6 Å². The number of carbonyl (C=O) groups is 1. The lowest BCUT2D eigenvalue weighted by Crippen LogP contribution is -2.07. The molecule has 0 fully saturated rings. The number of carboxylic acids is 1. The molecular weight excluding hydrogens is 306 g/mol. The Kier molecular flexibility index (Phi) is 3.31. The summed E-state index contributed by atoms with van der Waals surface area (Å²) in [4.78, 5) is 19.7. The summed E-state index contributed by atoms with van der Waals surface area (Å²) >= 11 is 0. The van der Waals surface area contributed by atoms with E-state index < -0.39 is 5.97 Å². The maximum Gasteiger partial charge on any atom is 0.335 e. The minimum absolute atomic E-state index is 0.237. The molecule has 4 rings (SSSR count). The van der Waals surface area contributed by atoms with Crippen LogP contribution in [0.3, 0.4) is 0 Å². The van der Waals surface area contributed by atoms with E-state index in [4.69, 9.17) is 5.11 Å². The Bertz CT molecular complexity index is 1030. The summed E-state index contributed by atoms with van der Waals surface area (Å²) in [6, 6.07) is 12.5. The number of carboxylic acid groups (broad SMARTS) is 1. The standard InChI is InChI=1S/C17H13N5O2/c23-17(24)13-4-1-3-12(9-13)16-18-7-8-21(16)10-14-5-2-6-15-19-11-20-22(14)15/h1-9,11H,10H2,(H,23,24). The number of hydrogen-bond acceptors (Lipinski definition) is 4. The summed E-state index contributed by atoms with van der Waals surface area (Å²) in [7, 11) is 0. The average Bonchev–Trinajstić information content (AvgIpc) is 3.24. The van der Waals surface area contributed by atoms with Gasteiger partial charge < -0.3 is 9.67 Å². The summed E-state index contributed by atoms with van der Waals surface area (Å²) < 4.78 is 3.73. The Morgan fingerprint density at radius 1 is 1.12 bits per heavy atom. The number of pyridine rings is 1. The van der Waals surface area contributed by atoms with Gasteiger partial charge in [0.05, 0.1) is 17.8 Å². The monoisotopic (exact) mass is 319 g/mol. The molecule has 7 heteroatoms. The van der Waals surface area contributed by atoms with E-state index in [1.54, 1.807) is 28.9 Å². The molecule has 7 nitrogen and oxygen atoms in total. The molecule has 0 saturated carbocycles. The maximum absolute atomic E-state index is 11.2. The van der Waals surface area contributed by atoms with Crippen molar-refractivity contribution in [1.29, 1.82) is 0 Å². The highest BCUT2D eigenvalue weighted by Crippen LogP contribution is 2.20. The Labute approximate surface area is 136 Å². The van der Waals surface area contributed by atoms with Crippen LogP contribution >= 0.6 is 0 Å². The van der Waals surface area contributed by atoms with Gasteiger partial charge in [-0.1, -0.05) is 18.2 Å². The lowest BCUT2D eigenvalue weighted by atomic mass is 10.1. The van der Waals surface area contributed by atoms with Crippen LogP contribution in [0, 0.1) is 0 Å². The molecule has 1 aromatic carbocycles. The van der Waals surface area contributed by atoms with Crippen molar-refractivity contribution in [2.45, 2.75) is 6.54 Å². The van der Waals surface area contributed by atoms with E-state index in [9.17, 15) is 4.79 Å². The van der Waals surface area contributed by atoms with E-state index in [1.807, 2.05) is 35.0 Å². The van der Waals surface area contributed by atoms with Crippen LogP contribution in [0.2, 0.25) is 0 Å². The minimum atomic E-state index is -0.956. The highest BCUT2D eigenvalue weighted by molar-refractivity contribution is 5.89. The molecule has 0 spiro atoms. The SMILES string of the molecule is O=C(O)c1cccc(-c2nccn2Cc2cccc3ncnn23)c1. The molecule has 0 saturated heterocycles. The lowest BCUT2D eigenvalue weighted by Gasteiger charge is -2.09. The van der Waals surface area contributed by atoms with E-state index in [1.165, 1.54) is 6.33 Å². The normalized spacial score (nSPS) is 11.0. The van der Waals surface area contributed by atoms with Gasteiger partial charge in [0.2, 0.25) is 0 Å². The first kappa shape index (κ1) is 14.1. The number of hydrogen-bond donors (Lipinski definition) is 1. The van der Waals surface area contributed by atoms with Gasteiger partial charge in [0.1, 0.15) is 12.2 Å². The van der Waals surface area contributed by atoms with Crippen LogP contribution in [0.25, 0.3) is 17.0 Å². The van der Waals surface area contributed by atoms with E-state index in [-0.39, 0.29) is 5.56 Å². The predicted molar refractivity (Wildman–Crippen MR) is 86.7 cm³/mol. The van der Waals surface area contributed by atoms with Gasteiger partial charge in [-0.15, -0.1) is 0 Å². The van der Waals surface area contributed by atoms with Gasteiger partial charge in [0.25, 0.3) is 0 Å². The summed E-state index contributed by atoms with van der Waals surface area (Å²) in [6.07, 6.45) is 5.08. The van der Waals surface area contributed by atoms with Crippen LogP contribution in [0.15, 0.2) is 61.2 Å². The number of benzene rings is 1. The van der Waals surface area contributed by atoms with E-state index in [0.29, 0.717) is 12.4 Å². The number of aromatic nitrogens is 5. The summed E-state index contributed by atoms with van der Waals surface area (Å²) in [5.41, 5.74) is 2.73. The number of aromatic carboxylic acids is 1. The van der Waals surface area contributed by atoms with Crippen LogP contribution in [-0.4, -0.2) is 35.2 Å². The van der Waals surface area contributed by atoms with E-state index >= 15 is 0 Å². The van der Waals surface area contributed by atoms with E-state index in [2.05, 4.69) is 15.1 Å². The van der Waals surface area contributed by atoms with Crippen LogP contribution in [0.1, 0.15) is 16.1 Å². The molecule has 118 valence electrons. The van der Waals surface area contributed by atoms with Crippen molar-refractivity contribution in [3.05, 3.63) is 72.4 Å². The molecule has 3 heterocycles. The average molecular weight is 319 g/mol. The van der Waals surface area contributed by atoms with Crippen LogP contribution in [-0.2, 0) is 6.54 Å². The van der Waals surface area contributed by atoms with Crippen molar-refractivity contribution in [2.75, 3.05) is 0 Å². The molecule has 0 unspecified atom stereocenters.